The first-order chi connectivity index (χ1) is 9.79. The molecular formula is C17H26N2O2. The number of carboxylic acid groups (broad SMARTS) is 1. The lowest BCUT2D eigenvalue weighted by Crippen LogP contribution is -2.32. The Kier molecular flexibility index (Phi) is 6.40. The fraction of sp³-hybridized carbons (Fsp3) is 0.529. The highest BCUT2D eigenvalue weighted by Gasteiger charge is 2.14. The van der Waals surface area contributed by atoms with E-state index in [0.29, 0.717) is 11.8 Å². The Morgan fingerprint density at radius 2 is 1.86 bits per heavy atom. The van der Waals surface area contributed by atoms with Gasteiger partial charge in [-0.1, -0.05) is 27.7 Å². The number of anilines is 1. The van der Waals surface area contributed by atoms with Crippen molar-refractivity contribution in [3.63, 3.8) is 0 Å². The highest BCUT2D eigenvalue weighted by atomic mass is 16.4. The van der Waals surface area contributed by atoms with E-state index in [4.69, 9.17) is 5.11 Å². The smallest absolute Gasteiger partial charge is 0.328 e. The van der Waals surface area contributed by atoms with E-state index in [-0.39, 0.29) is 0 Å². The van der Waals surface area contributed by atoms with E-state index in [2.05, 4.69) is 37.6 Å². The van der Waals surface area contributed by atoms with Gasteiger partial charge in [-0.15, -0.1) is 0 Å². The molecule has 0 aliphatic rings. The van der Waals surface area contributed by atoms with Crippen molar-refractivity contribution in [2.45, 2.75) is 34.6 Å². The molecule has 0 unspecified atom stereocenters. The molecule has 0 spiro atoms. The average molecular weight is 290 g/mol. The van der Waals surface area contributed by atoms with Gasteiger partial charge in [0.25, 0.3) is 0 Å². The Labute approximate surface area is 127 Å². The fourth-order valence-electron chi connectivity index (χ4n) is 2.31. The second-order valence-corrected chi connectivity index (χ2v) is 6.27. The average Bonchev–Trinajstić information content (AvgIpc) is 2.34. The number of aromatic nitrogens is 1. The third-order valence-corrected chi connectivity index (χ3v) is 2.96. The number of hydrogen-bond acceptors (Lipinski definition) is 3. The van der Waals surface area contributed by atoms with Crippen LogP contribution in [0.2, 0.25) is 0 Å². The van der Waals surface area contributed by atoms with Crippen LogP contribution >= 0.6 is 0 Å². The lowest BCUT2D eigenvalue weighted by molar-refractivity contribution is -0.131. The van der Waals surface area contributed by atoms with Crippen molar-refractivity contribution in [1.82, 2.24) is 4.98 Å². The highest BCUT2D eigenvalue weighted by molar-refractivity contribution is 5.85. The van der Waals surface area contributed by atoms with Crippen molar-refractivity contribution in [1.29, 1.82) is 0 Å². The van der Waals surface area contributed by atoms with Gasteiger partial charge in [0, 0.05) is 25.4 Å². The first kappa shape index (κ1) is 17.2. The van der Waals surface area contributed by atoms with E-state index in [1.54, 1.807) is 12.3 Å². The lowest BCUT2D eigenvalue weighted by atomic mass is 10.1. The molecule has 4 nitrogen and oxygen atoms in total. The van der Waals surface area contributed by atoms with Gasteiger partial charge in [-0.3, -0.25) is 0 Å². The van der Waals surface area contributed by atoms with Crippen molar-refractivity contribution in [2.75, 3.05) is 18.0 Å². The van der Waals surface area contributed by atoms with Crippen LogP contribution in [-0.4, -0.2) is 29.1 Å². The molecule has 0 bridgehead atoms. The normalized spacial score (nSPS) is 11.6. The number of carboxylic acids is 1. The van der Waals surface area contributed by atoms with Crippen molar-refractivity contribution in [3.05, 3.63) is 29.5 Å². The van der Waals surface area contributed by atoms with Gasteiger partial charge >= 0.3 is 5.97 Å². The molecule has 0 saturated heterocycles. The van der Waals surface area contributed by atoms with Gasteiger partial charge in [-0.05, 0) is 42.0 Å². The summed E-state index contributed by atoms with van der Waals surface area (Å²) in [5.41, 5.74) is 1.89. The summed E-state index contributed by atoms with van der Waals surface area (Å²) in [6.07, 6.45) is 4.44. The topological polar surface area (TPSA) is 53.4 Å². The number of rotatable bonds is 7. The Morgan fingerprint density at radius 3 is 2.29 bits per heavy atom. The van der Waals surface area contributed by atoms with E-state index in [1.807, 2.05) is 13.0 Å². The molecule has 21 heavy (non-hydrogen) atoms. The van der Waals surface area contributed by atoms with Crippen LogP contribution in [0.4, 0.5) is 5.82 Å². The summed E-state index contributed by atoms with van der Waals surface area (Å²) in [6.45, 7) is 12.8. The van der Waals surface area contributed by atoms with Gasteiger partial charge in [0.05, 0.1) is 0 Å². The van der Waals surface area contributed by atoms with Crippen LogP contribution in [0.15, 0.2) is 18.3 Å². The van der Waals surface area contributed by atoms with Crippen LogP contribution in [0, 0.1) is 18.8 Å². The molecule has 0 saturated carbocycles. The Hall–Kier alpha value is -1.84. The molecule has 116 valence electrons. The maximum absolute atomic E-state index is 10.6. The number of aryl methyl sites for hydroxylation is 1. The summed E-state index contributed by atoms with van der Waals surface area (Å²) in [5.74, 6) is 1.18. The van der Waals surface area contributed by atoms with Crippen LogP contribution in [0.5, 0.6) is 0 Å². The van der Waals surface area contributed by atoms with Crippen LogP contribution in [0.1, 0.15) is 38.8 Å². The van der Waals surface area contributed by atoms with Crippen molar-refractivity contribution in [3.8, 4) is 0 Å². The van der Waals surface area contributed by atoms with Gasteiger partial charge in [-0.2, -0.15) is 0 Å². The summed E-state index contributed by atoms with van der Waals surface area (Å²) in [7, 11) is 0. The summed E-state index contributed by atoms with van der Waals surface area (Å²) in [6, 6.07) is 1.98. The number of aliphatic carboxylic acids is 1. The Morgan fingerprint density at radius 1 is 1.29 bits per heavy atom. The minimum absolute atomic E-state index is 0.566. The lowest BCUT2D eigenvalue weighted by Gasteiger charge is -2.28. The standard InChI is InChI=1S/C17H26N2O2/c1-12(2)10-19(11-13(3)4)17-14(5)8-15(9-18-17)6-7-16(20)21/h6-9,12-13H,10-11H2,1-5H3,(H,20,21)/b7-6+. The molecule has 0 radical (unpaired) electrons. The quantitative estimate of drug-likeness (QED) is 0.779. The minimum atomic E-state index is -0.946. The van der Waals surface area contributed by atoms with Gasteiger partial charge in [0.1, 0.15) is 5.82 Å². The number of hydrogen-bond donors (Lipinski definition) is 1. The van der Waals surface area contributed by atoms with Crippen molar-refractivity contribution < 1.29 is 9.90 Å². The zero-order valence-corrected chi connectivity index (χ0v) is 13.6. The summed E-state index contributed by atoms with van der Waals surface area (Å²) in [5, 5.41) is 8.67. The first-order valence-electron chi connectivity index (χ1n) is 7.42. The molecule has 1 aromatic rings. The van der Waals surface area contributed by atoms with E-state index in [0.717, 1.165) is 36.1 Å². The predicted octanol–water partition coefficient (Wildman–Crippen LogP) is 3.61. The molecule has 1 N–H and O–H groups in total. The monoisotopic (exact) mass is 290 g/mol. The molecule has 0 amide bonds. The molecule has 1 rings (SSSR count). The molecule has 0 aliphatic heterocycles. The summed E-state index contributed by atoms with van der Waals surface area (Å²) in [4.78, 5) is 17.4. The highest BCUT2D eigenvalue weighted by Crippen LogP contribution is 2.21. The third kappa shape index (κ3) is 5.98. The zero-order chi connectivity index (χ0) is 16.0. The maximum atomic E-state index is 10.6. The Balaban J connectivity index is 3.01. The largest absolute Gasteiger partial charge is 0.478 e. The first-order valence-corrected chi connectivity index (χ1v) is 7.42. The summed E-state index contributed by atoms with van der Waals surface area (Å²) >= 11 is 0. The SMILES string of the molecule is Cc1cc(/C=C/C(=O)O)cnc1N(CC(C)C)CC(C)C. The number of pyridine rings is 1. The van der Waals surface area contributed by atoms with Gasteiger partial charge in [-0.25, -0.2) is 9.78 Å². The minimum Gasteiger partial charge on any atom is -0.478 e. The third-order valence-electron chi connectivity index (χ3n) is 2.96. The molecule has 0 atom stereocenters. The fourth-order valence-corrected chi connectivity index (χ4v) is 2.31. The van der Waals surface area contributed by atoms with Crippen molar-refractivity contribution in [2.24, 2.45) is 11.8 Å². The molecule has 0 aromatic carbocycles. The predicted molar refractivity (Wildman–Crippen MR) is 87.5 cm³/mol. The van der Waals surface area contributed by atoms with Crippen LogP contribution in [0.3, 0.4) is 0 Å². The molecule has 1 aromatic heterocycles. The molecule has 0 fully saturated rings. The number of nitrogens with zero attached hydrogens (tertiary/aromatic N) is 2. The van der Waals surface area contributed by atoms with Crippen LogP contribution in [-0.2, 0) is 4.79 Å². The van der Waals surface area contributed by atoms with Gasteiger partial charge in [0.15, 0.2) is 0 Å². The molecule has 1 heterocycles. The second-order valence-electron chi connectivity index (χ2n) is 6.27. The summed E-state index contributed by atoms with van der Waals surface area (Å²) < 4.78 is 0. The maximum Gasteiger partial charge on any atom is 0.328 e. The van der Waals surface area contributed by atoms with E-state index in [1.165, 1.54) is 0 Å². The van der Waals surface area contributed by atoms with Crippen LogP contribution < -0.4 is 4.90 Å². The molecule has 0 aliphatic carbocycles. The number of carbonyl (C=O) groups is 1. The molecule has 4 heteroatoms. The molecular weight excluding hydrogens is 264 g/mol. The van der Waals surface area contributed by atoms with Gasteiger partial charge < -0.3 is 10.0 Å². The van der Waals surface area contributed by atoms with Gasteiger partial charge in [0.2, 0.25) is 0 Å². The van der Waals surface area contributed by atoms with E-state index in [9.17, 15) is 4.79 Å². The second kappa shape index (κ2) is 7.81. The van der Waals surface area contributed by atoms with Crippen molar-refractivity contribution >= 4 is 17.9 Å². The Bertz CT molecular complexity index is 498. The van der Waals surface area contributed by atoms with Crippen LogP contribution in [0.25, 0.3) is 6.08 Å². The zero-order valence-electron chi connectivity index (χ0n) is 13.6. The van der Waals surface area contributed by atoms with E-state index < -0.39 is 5.97 Å². The van der Waals surface area contributed by atoms with E-state index >= 15 is 0 Å².